The van der Waals surface area contributed by atoms with Crippen molar-refractivity contribution in [1.82, 2.24) is 10.2 Å². The molecule has 0 aromatic carbocycles. The smallest absolute Gasteiger partial charge is 0.327 e. The van der Waals surface area contributed by atoms with Crippen LogP contribution in [0.5, 0.6) is 0 Å². The van der Waals surface area contributed by atoms with Gasteiger partial charge in [-0.1, -0.05) is 0 Å². The van der Waals surface area contributed by atoms with Crippen molar-refractivity contribution < 1.29 is 14.7 Å². The fourth-order valence-corrected chi connectivity index (χ4v) is 2.07. The van der Waals surface area contributed by atoms with E-state index in [4.69, 9.17) is 5.11 Å². The van der Waals surface area contributed by atoms with Crippen LogP contribution in [0.4, 0.5) is 0 Å². The van der Waals surface area contributed by atoms with Crippen molar-refractivity contribution in [3.63, 3.8) is 0 Å². The van der Waals surface area contributed by atoms with Gasteiger partial charge in [-0.2, -0.15) is 11.8 Å². The van der Waals surface area contributed by atoms with E-state index in [-0.39, 0.29) is 5.91 Å². The van der Waals surface area contributed by atoms with Crippen LogP contribution in [0, 0.1) is 0 Å². The van der Waals surface area contributed by atoms with Gasteiger partial charge in [-0.05, 0) is 32.8 Å². The fourth-order valence-electron chi connectivity index (χ4n) is 1.10. The van der Waals surface area contributed by atoms with Gasteiger partial charge in [0.1, 0.15) is 6.04 Å². The highest BCUT2D eigenvalue weighted by Crippen LogP contribution is 2.05. The Morgan fingerprint density at radius 3 is 2.50 bits per heavy atom. The van der Waals surface area contributed by atoms with E-state index in [1.165, 1.54) is 6.92 Å². The van der Waals surface area contributed by atoms with Crippen LogP contribution in [0.25, 0.3) is 0 Å². The van der Waals surface area contributed by atoms with Crippen LogP contribution in [0.15, 0.2) is 0 Å². The van der Waals surface area contributed by atoms with Gasteiger partial charge in [-0.15, -0.1) is 0 Å². The average Bonchev–Trinajstić information content (AvgIpc) is 2.14. The van der Waals surface area contributed by atoms with Crippen molar-refractivity contribution in [2.24, 2.45) is 0 Å². The predicted molar refractivity (Wildman–Crippen MR) is 65.7 cm³/mol. The summed E-state index contributed by atoms with van der Waals surface area (Å²) in [6, 6.07) is -0.776. The van der Waals surface area contributed by atoms with Gasteiger partial charge in [0.05, 0.1) is 0 Å². The molecule has 1 unspecified atom stereocenters. The number of thioether (sulfide) groups is 1. The molecule has 0 rings (SSSR count). The van der Waals surface area contributed by atoms with Crippen LogP contribution in [-0.4, -0.2) is 60.1 Å². The van der Waals surface area contributed by atoms with E-state index in [0.717, 1.165) is 18.7 Å². The van der Waals surface area contributed by atoms with E-state index in [0.29, 0.717) is 5.75 Å². The number of amides is 1. The lowest BCUT2D eigenvalue weighted by Crippen LogP contribution is -2.41. The number of carboxylic acids is 1. The molecule has 0 radical (unpaired) electrons. The highest BCUT2D eigenvalue weighted by Gasteiger charge is 2.17. The number of nitrogens with zero attached hydrogens (tertiary/aromatic N) is 1. The number of carboxylic acid groups (broad SMARTS) is 1. The van der Waals surface area contributed by atoms with Gasteiger partial charge in [0, 0.05) is 12.7 Å². The molecule has 0 aliphatic rings. The van der Waals surface area contributed by atoms with Crippen molar-refractivity contribution >= 4 is 23.6 Å². The SMILES string of the molecule is CC(=O)NC(CSCCCN(C)C)C(=O)O. The molecule has 0 saturated heterocycles. The molecule has 6 heteroatoms. The standard InChI is InChI=1S/C10H20N2O3S/c1-8(13)11-9(10(14)15)7-16-6-4-5-12(2)3/h9H,4-7H2,1-3H3,(H,11,13)(H,14,15). The van der Waals surface area contributed by atoms with Gasteiger partial charge in [-0.3, -0.25) is 4.79 Å². The Labute approximate surface area is 101 Å². The van der Waals surface area contributed by atoms with E-state index in [1.54, 1.807) is 11.8 Å². The molecule has 0 spiro atoms. The van der Waals surface area contributed by atoms with Crippen molar-refractivity contribution in [2.45, 2.75) is 19.4 Å². The maximum Gasteiger partial charge on any atom is 0.327 e. The Kier molecular flexibility index (Phi) is 8.01. The van der Waals surface area contributed by atoms with E-state index in [1.807, 2.05) is 14.1 Å². The largest absolute Gasteiger partial charge is 0.480 e. The zero-order valence-corrected chi connectivity index (χ0v) is 10.8. The van der Waals surface area contributed by atoms with E-state index in [9.17, 15) is 9.59 Å². The third-order valence-corrected chi connectivity index (χ3v) is 3.00. The summed E-state index contributed by atoms with van der Waals surface area (Å²) < 4.78 is 0. The molecule has 0 heterocycles. The number of nitrogens with one attached hydrogen (secondary N) is 1. The molecule has 0 fully saturated rings. The Morgan fingerprint density at radius 1 is 1.44 bits per heavy atom. The third-order valence-electron chi connectivity index (χ3n) is 1.85. The zero-order valence-electron chi connectivity index (χ0n) is 10.0. The lowest BCUT2D eigenvalue weighted by molar-refractivity contribution is -0.140. The summed E-state index contributed by atoms with van der Waals surface area (Å²) in [5, 5.41) is 11.2. The van der Waals surface area contributed by atoms with Crippen molar-refractivity contribution in [3.8, 4) is 0 Å². The van der Waals surface area contributed by atoms with Crippen molar-refractivity contribution in [1.29, 1.82) is 0 Å². The second-order valence-electron chi connectivity index (χ2n) is 3.82. The fraction of sp³-hybridized carbons (Fsp3) is 0.800. The van der Waals surface area contributed by atoms with Crippen LogP contribution >= 0.6 is 11.8 Å². The summed E-state index contributed by atoms with van der Waals surface area (Å²) in [7, 11) is 4.00. The van der Waals surface area contributed by atoms with Gasteiger partial charge in [0.2, 0.25) is 5.91 Å². The topological polar surface area (TPSA) is 69.6 Å². The summed E-state index contributed by atoms with van der Waals surface area (Å²) in [4.78, 5) is 23.6. The second kappa shape index (κ2) is 8.41. The Bertz CT molecular complexity index is 234. The van der Waals surface area contributed by atoms with Gasteiger partial charge in [-0.25, -0.2) is 4.79 Å². The number of hydrogen-bond acceptors (Lipinski definition) is 4. The maximum absolute atomic E-state index is 10.8. The van der Waals surface area contributed by atoms with Crippen LogP contribution in [0.2, 0.25) is 0 Å². The first-order chi connectivity index (χ1) is 7.43. The highest BCUT2D eigenvalue weighted by molar-refractivity contribution is 7.99. The van der Waals surface area contributed by atoms with Crippen molar-refractivity contribution in [3.05, 3.63) is 0 Å². The number of aliphatic carboxylic acids is 1. The third kappa shape index (κ3) is 8.55. The molecular formula is C10H20N2O3S. The van der Waals surface area contributed by atoms with E-state index < -0.39 is 12.0 Å². The first kappa shape index (κ1) is 15.2. The highest BCUT2D eigenvalue weighted by atomic mass is 32.2. The predicted octanol–water partition coefficient (Wildman–Crippen LogP) is 0.261. The minimum Gasteiger partial charge on any atom is -0.480 e. The summed E-state index contributed by atoms with van der Waals surface area (Å²) in [6.07, 6.45) is 1.02. The maximum atomic E-state index is 10.8. The summed E-state index contributed by atoms with van der Waals surface area (Å²) in [6.45, 7) is 2.32. The summed E-state index contributed by atoms with van der Waals surface area (Å²) >= 11 is 1.55. The van der Waals surface area contributed by atoms with Gasteiger partial charge < -0.3 is 15.3 Å². The number of hydrogen-bond donors (Lipinski definition) is 2. The van der Waals surface area contributed by atoms with Crippen LogP contribution in [0.3, 0.4) is 0 Å². The quantitative estimate of drug-likeness (QED) is 0.603. The minimum absolute atomic E-state index is 0.304. The molecule has 0 saturated carbocycles. The summed E-state index contributed by atoms with van der Waals surface area (Å²) in [5.41, 5.74) is 0. The van der Waals surface area contributed by atoms with Crippen LogP contribution < -0.4 is 5.32 Å². The minimum atomic E-state index is -0.977. The molecular weight excluding hydrogens is 228 g/mol. The van der Waals surface area contributed by atoms with E-state index in [2.05, 4.69) is 10.2 Å². The van der Waals surface area contributed by atoms with Crippen LogP contribution in [0.1, 0.15) is 13.3 Å². The zero-order chi connectivity index (χ0) is 12.6. The number of carbonyl (C=O) groups excluding carboxylic acids is 1. The molecule has 1 atom stereocenters. The Morgan fingerprint density at radius 2 is 2.06 bits per heavy atom. The van der Waals surface area contributed by atoms with Crippen molar-refractivity contribution in [2.75, 3.05) is 32.1 Å². The first-order valence-corrected chi connectivity index (χ1v) is 6.31. The molecule has 0 aliphatic heterocycles. The van der Waals surface area contributed by atoms with E-state index >= 15 is 0 Å². The molecule has 0 aromatic heterocycles. The lowest BCUT2D eigenvalue weighted by Gasteiger charge is -2.13. The Hall–Kier alpha value is -0.750. The molecule has 2 N–H and O–H groups in total. The molecule has 1 amide bonds. The van der Waals surface area contributed by atoms with Crippen LogP contribution in [-0.2, 0) is 9.59 Å². The normalized spacial score (nSPS) is 12.5. The number of carbonyl (C=O) groups is 2. The molecule has 0 aromatic rings. The second-order valence-corrected chi connectivity index (χ2v) is 4.97. The monoisotopic (exact) mass is 248 g/mol. The lowest BCUT2D eigenvalue weighted by atomic mass is 10.3. The molecule has 5 nitrogen and oxygen atoms in total. The molecule has 16 heavy (non-hydrogen) atoms. The average molecular weight is 248 g/mol. The first-order valence-electron chi connectivity index (χ1n) is 5.16. The van der Waals surface area contributed by atoms with Gasteiger partial charge >= 0.3 is 5.97 Å². The Balaban J connectivity index is 3.69. The van der Waals surface area contributed by atoms with Gasteiger partial charge in [0.15, 0.2) is 0 Å². The summed E-state index contributed by atoms with van der Waals surface area (Å²) in [5.74, 6) is 0.0424. The molecule has 0 bridgehead atoms. The molecule has 0 aliphatic carbocycles. The number of rotatable bonds is 8. The molecule has 94 valence electrons. The van der Waals surface area contributed by atoms with Gasteiger partial charge in [0.25, 0.3) is 0 Å².